The van der Waals surface area contributed by atoms with E-state index in [9.17, 15) is 9.59 Å². The van der Waals surface area contributed by atoms with E-state index in [0.717, 1.165) is 12.6 Å². The molecule has 0 fully saturated rings. The van der Waals surface area contributed by atoms with Crippen molar-refractivity contribution in [3.8, 4) is 11.1 Å². The fourth-order valence-electron chi connectivity index (χ4n) is 1.74. The molecule has 0 aliphatic carbocycles. The van der Waals surface area contributed by atoms with E-state index in [4.69, 9.17) is 11.6 Å². The van der Waals surface area contributed by atoms with Crippen LogP contribution in [0.25, 0.3) is 11.1 Å². The molecule has 18 heavy (non-hydrogen) atoms. The minimum atomic E-state index is 0.456. The number of carbonyl (C=O) groups excluding carboxylic acids is 2. The highest BCUT2D eigenvalue weighted by Gasteiger charge is 2.11. The second kappa shape index (κ2) is 5.46. The van der Waals surface area contributed by atoms with E-state index in [1.807, 2.05) is 6.07 Å². The van der Waals surface area contributed by atoms with E-state index in [1.54, 1.807) is 30.3 Å². The molecule has 2 nitrogen and oxygen atoms in total. The van der Waals surface area contributed by atoms with Crippen molar-refractivity contribution in [1.29, 1.82) is 0 Å². The lowest BCUT2D eigenvalue weighted by Crippen LogP contribution is -1.93. The summed E-state index contributed by atoms with van der Waals surface area (Å²) < 4.78 is 0.686. The molecule has 0 unspecified atom stereocenters. The SMILES string of the molecule is O=Cc1ccccc1-c1cc(Br)c(Cl)cc1C=O. The van der Waals surface area contributed by atoms with Crippen LogP contribution in [0.2, 0.25) is 5.02 Å². The Morgan fingerprint density at radius 1 is 0.944 bits per heavy atom. The Morgan fingerprint density at radius 2 is 1.61 bits per heavy atom. The van der Waals surface area contributed by atoms with Gasteiger partial charge < -0.3 is 0 Å². The van der Waals surface area contributed by atoms with Gasteiger partial charge >= 0.3 is 0 Å². The van der Waals surface area contributed by atoms with Crippen LogP contribution in [0.3, 0.4) is 0 Å². The van der Waals surface area contributed by atoms with E-state index < -0.39 is 0 Å². The molecule has 0 N–H and O–H groups in total. The van der Waals surface area contributed by atoms with Crippen molar-refractivity contribution in [2.24, 2.45) is 0 Å². The van der Waals surface area contributed by atoms with E-state index in [0.29, 0.717) is 31.7 Å². The first-order valence-corrected chi connectivity index (χ1v) is 6.33. The molecule has 2 rings (SSSR count). The average Bonchev–Trinajstić information content (AvgIpc) is 2.41. The van der Waals surface area contributed by atoms with E-state index in [2.05, 4.69) is 15.9 Å². The summed E-state index contributed by atoms with van der Waals surface area (Å²) in [5, 5.41) is 0.462. The Bertz CT molecular complexity index is 623. The van der Waals surface area contributed by atoms with Crippen molar-refractivity contribution in [1.82, 2.24) is 0 Å². The van der Waals surface area contributed by atoms with Crippen LogP contribution in [0.4, 0.5) is 0 Å². The van der Waals surface area contributed by atoms with Gasteiger partial charge in [-0.25, -0.2) is 0 Å². The molecule has 0 aliphatic rings. The predicted molar refractivity (Wildman–Crippen MR) is 75.4 cm³/mol. The smallest absolute Gasteiger partial charge is 0.150 e. The molecular formula is C14H8BrClO2. The molecule has 4 heteroatoms. The van der Waals surface area contributed by atoms with Crippen LogP contribution in [0.5, 0.6) is 0 Å². The van der Waals surface area contributed by atoms with Gasteiger partial charge in [0, 0.05) is 15.6 Å². The van der Waals surface area contributed by atoms with Crippen LogP contribution >= 0.6 is 27.5 Å². The van der Waals surface area contributed by atoms with Crippen LogP contribution in [0, 0.1) is 0 Å². The molecule has 0 amide bonds. The second-order valence-electron chi connectivity index (χ2n) is 3.68. The minimum Gasteiger partial charge on any atom is -0.298 e. The summed E-state index contributed by atoms with van der Waals surface area (Å²) in [6.07, 6.45) is 1.50. The largest absolute Gasteiger partial charge is 0.298 e. The first-order chi connectivity index (χ1) is 8.67. The molecule has 0 radical (unpaired) electrons. The number of hydrogen-bond acceptors (Lipinski definition) is 2. The molecule has 0 heterocycles. The van der Waals surface area contributed by atoms with Crippen LogP contribution < -0.4 is 0 Å². The summed E-state index contributed by atoms with van der Waals surface area (Å²) in [6, 6.07) is 10.4. The third kappa shape index (κ3) is 2.37. The van der Waals surface area contributed by atoms with Crippen molar-refractivity contribution in [3.05, 3.63) is 57.0 Å². The van der Waals surface area contributed by atoms with Gasteiger partial charge in [0.1, 0.15) is 0 Å². The molecule has 0 bridgehead atoms. The van der Waals surface area contributed by atoms with E-state index in [-0.39, 0.29) is 0 Å². The molecule has 0 spiro atoms. The van der Waals surface area contributed by atoms with Gasteiger partial charge in [-0.2, -0.15) is 0 Å². The van der Waals surface area contributed by atoms with Gasteiger partial charge in [-0.1, -0.05) is 35.9 Å². The van der Waals surface area contributed by atoms with Crippen molar-refractivity contribution in [3.63, 3.8) is 0 Å². The number of halogens is 2. The van der Waals surface area contributed by atoms with Crippen LogP contribution in [-0.2, 0) is 0 Å². The number of carbonyl (C=O) groups is 2. The third-order valence-corrected chi connectivity index (χ3v) is 3.79. The molecule has 0 saturated heterocycles. The maximum atomic E-state index is 11.1. The second-order valence-corrected chi connectivity index (χ2v) is 4.94. The zero-order valence-electron chi connectivity index (χ0n) is 9.19. The van der Waals surface area contributed by atoms with Gasteiger partial charge in [-0.05, 0) is 39.2 Å². The molecule has 2 aromatic carbocycles. The standard InChI is InChI=1S/C14H8BrClO2/c15-13-6-12(10(8-18)5-14(13)16)11-4-2-1-3-9(11)7-17/h1-8H. The van der Waals surface area contributed by atoms with Crippen molar-refractivity contribution in [2.45, 2.75) is 0 Å². The fraction of sp³-hybridized carbons (Fsp3) is 0. The fourth-order valence-corrected chi connectivity index (χ4v) is 2.25. The van der Waals surface area contributed by atoms with E-state index in [1.165, 1.54) is 0 Å². The number of aldehydes is 2. The summed E-state index contributed by atoms with van der Waals surface area (Å²) in [6.45, 7) is 0. The molecule has 0 aliphatic heterocycles. The van der Waals surface area contributed by atoms with Crippen LogP contribution in [-0.4, -0.2) is 12.6 Å². The number of rotatable bonds is 3. The lowest BCUT2D eigenvalue weighted by atomic mass is 9.96. The minimum absolute atomic E-state index is 0.456. The average molecular weight is 324 g/mol. The highest BCUT2D eigenvalue weighted by Crippen LogP contribution is 2.33. The predicted octanol–water partition coefficient (Wildman–Crippen LogP) is 4.39. The van der Waals surface area contributed by atoms with Gasteiger partial charge in [-0.15, -0.1) is 0 Å². The summed E-state index contributed by atoms with van der Waals surface area (Å²) in [5.74, 6) is 0. The highest BCUT2D eigenvalue weighted by atomic mass is 79.9. The topological polar surface area (TPSA) is 34.1 Å². The first kappa shape index (κ1) is 13.0. The Morgan fingerprint density at radius 3 is 2.28 bits per heavy atom. The normalized spacial score (nSPS) is 10.1. The van der Waals surface area contributed by atoms with Gasteiger partial charge in [0.2, 0.25) is 0 Å². The van der Waals surface area contributed by atoms with Crippen molar-refractivity contribution in [2.75, 3.05) is 0 Å². The Kier molecular flexibility index (Phi) is 3.94. The lowest BCUT2D eigenvalue weighted by molar-refractivity contribution is 0.111. The molecular weight excluding hydrogens is 316 g/mol. The third-order valence-electron chi connectivity index (χ3n) is 2.60. The lowest BCUT2D eigenvalue weighted by Gasteiger charge is -2.09. The molecule has 2 aromatic rings. The zero-order chi connectivity index (χ0) is 13.1. The summed E-state index contributed by atoms with van der Waals surface area (Å²) in [5.41, 5.74) is 2.39. The van der Waals surface area contributed by atoms with Crippen LogP contribution in [0.15, 0.2) is 40.9 Å². The van der Waals surface area contributed by atoms with Crippen molar-refractivity contribution >= 4 is 40.1 Å². The number of hydrogen-bond donors (Lipinski definition) is 0. The summed E-state index contributed by atoms with van der Waals surface area (Å²) in [7, 11) is 0. The van der Waals surface area contributed by atoms with Crippen LogP contribution in [0.1, 0.15) is 20.7 Å². The molecule has 0 aromatic heterocycles. The molecule has 0 saturated carbocycles. The van der Waals surface area contributed by atoms with Gasteiger partial charge in [0.25, 0.3) is 0 Å². The Hall–Kier alpha value is -1.45. The maximum Gasteiger partial charge on any atom is 0.150 e. The van der Waals surface area contributed by atoms with Gasteiger partial charge in [0.05, 0.1) is 5.02 Å². The summed E-state index contributed by atoms with van der Waals surface area (Å²) in [4.78, 5) is 22.1. The summed E-state index contributed by atoms with van der Waals surface area (Å²) >= 11 is 9.27. The Labute approximate surface area is 118 Å². The zero-order valence-corrected chi connectivity index (χ0v) is 11.5. The first-order valence-electron chi connectivity index (χ1n) is 5.16. The monoisotopic (exact) mass is 322 g/mol. The Balaban J connectivity index is 2.73. The number of benzene rings is 2. The van der Waals surface area contributed by atoms with E-state index >= 15 is 0 Å². The quantitative estimate of drug-likeness (QED) is 0.785. The maximum absolute atomic E-state index is 11.1. The van der Waals surface area contributed by atoms with Crippen molar-refractivity contribution < 1.29 is 9.59 Å². The molecule has 0 atom stereocenters. The molecule has 90 valence electrons. The van der Waals surface area contributed by atoms with Gasteiger partial charge in [0.15, 0.2) is 12.6 Å². The highest BCUT2D eigenvalue weighted by molar-refractivity contribution is 9.10. The van der Waals surface area contributed by atoms with Gasteiger partial charge in [-0.3, -0.25) is 9.59 Å².